The first kappa shape index (κ1) is 26.7. The summed E-state index contributed by atoms with van der Waals surface area (Å²) in [6, 6.07) is 24.8. The van der Waals surface area contributed by atoms with Gasteiger partial charge in [-0.1, -0.05) is 24.6 Å². The summed E-state index contributed by atoms with van der Waals surface area (Å²) in [5, 5.41) is 1.70. The van der Waals surface area contributed by atoms with Crippen molar-refractivity contribution in [2.24, 2.45) is 0 Å². The Kier molecular flexibility index (Phi) is 7.67. The van der Waals surface area contributed by atoms with Gasteiger partial charge in [-0.25, -0.2) is 8.42 Å². The fourth-order valence-corrected chi connectivity index (χ4v) is 6.99. The molecule has 0 aromatic heterocycles. The predicted octanol–water partition coefficient (Wildman–Crippen LogP) is 7.11. The third-order valence-corrected chi connectivity index (χ3v) is 10.1. The third kappa shape index (κ3) is 5.81. The molecule has 1 saturated heterocycles. The standard InChI is InChI=1S/C33H35NO5S/c1-37-28-12-18-32-25(23-28)7-17-31(24-5-13-29(14-6-24)40(35,36)30-15-16-30)33(32)39-27-10-8-26(9-11-27)38-22-21-34-19-3-2-4-20-34/h5-14,17-18,23,30H,2-4,15-16,19-22H2,1H3. The number of hydrogen-bond donors (Lipinski definition) is 0. The lowest BCUT2D eigenvalue weighted by Crippen LogP contribution is -2.33. The van der Waals surface area contributed by atoms with Crippen LogP contribution in [0.25, 0.3) is 21.9 Å². The van der Waals surface area contributed by atoms with Gasteiger partial charge >= 0.3 is 0 Å². The lowest BCUT2D eigenvalue weighted by Gasteiger charge is -2.26. The summed E-state index contributed by atoms with van der Waals surface area (Å²) in [6.07, 6.45) is 5.38. The molecule has 6 nitrogen and oxygen atoms in total. The number of piperidine rings is 1. The molecule has 7 heteroatoms. The summed E-state index contributed by atoms with van der Waals surface area (Å²) < 4.78 is 43.4. The molecule has 0 spiro atoms. The van der Waals surface area contributed by atoms with Crippen molar-refractivity contribution >= 4 is 20.6 Å². The molecule has 0 bridgehead atoms. The number of rotatable bonds is 10. The quantitative estimate of drug-likeness (QED) is 0.207. The lowest BCUT2D eigenvalue weighted by molar-refractivity contribution is 0.183. The van der Waals surface area contributed by atoms with Gasteiger partial charge in [0, 0.05) is 17.5 Å². The second-order valence-corrected chi connectivity index (χ2v) is 12.9. The Morgan fingerprint density at radius 3 is 2.20 bits per heavy atom. The molecule has 0 radical (unpaired) electrons. The van der Waals surface area contributed by atoms with Gasteiger partial charge in [-0.05, 0) is 110 Å². The largest absolute Gasteiger partial charge is 0.497 e. The van der Waals surface area contributed by atoms with Gasteiger partial charge in [0.15, 0.2) is 9.84 Å². The smallest absolute Gasteiger partial charge is 0.181 e. The molecular weight excluding hydrogens is 522 g/mol. The molecule has 0 N–H and O–H groups in total. The van der Waals surface area contributed by atoms with Gasteiger partial charge in [-0.3, -0.25) is 4.90 Å². The van der Waals surface area contributed by atoms with Gasteiger partial charge in [-0.2, -0.15) is 0 Å². The Bertz CT molecular complexity index is 1570. The minimum atomic E-state index is -3.24. The van der Waals surface area contributed by atoms with Gasteiger partial charge in [0.05, 0.1) is 17.3 Å². The molecule has 1 aliphatic heterocycles. The maximum absolute atomic E-state index is 12.7. The summed E-state index contributed by atoms with van der Waals surface area (Å²) in [5.74, 6) is 2.99. The van der Waals surface area contributed by atoms with Crippen molar-refractivity contribution in [1.82, 2.24) is 4.90 Å². The fourth-order valence-electron chi connectivity index (χ4n) is 5.34. The molecule has 0 amide bonds. The molecule has 2 aliphatic rings. The van der Waals surface area contributed by atoms with Crippen LogP contribution in [0.5, 0.6) is 23.0 Å². The second-order valence-electron chi connectivity index (χ2n) is 10.6. The fraction of sp³-hybridized carbons (Fsp3) is 0.333. The second kappa shape index (κ2) is 11.5. The zero-order valence-corrected chi connectivity index (χ0v) is 23.7. The molecule has 1 saturated carbocycles. The number of sulfone groups is 1. The van der Waals surface area contributed by atoms with Crippen LogP contribution in [0, 0.1) is 0 Å². The highest BCUT2D eigenvalue weighted by molar-refractivity contribution is 7.92. The summed E-state index contributed by atoms with van der Waals surface area (Å²) in [7, 11) is -1.59. The number of hydrogen-bond acceptors (Lipinski definition) is 6. The summed E-state index contributed by atoms with van der Waals surface area (Å²) in [4.78, 5) is 2.84. The van der Waals surface area contributed by atoms with Crippen molar-refractivity contribution in [3.05, 3.63) is 78.9 Å². The van der Waals surface area contributed by atoms with E-state index in [0.717, 1.165) is 65.9 Å². The Labute approximate surface area is 236 Å². The Morgan fingerprint density at radius 2 is 1.50 bits per heavy atom. The number of likely N-dealkylation sites (tertiary alicyclic amines) is 1. The average molecular weight is 558 g/mol. The molecular formula is C33H35NO5S. The van der Waals surface area contributed by atoms with E-state index in [1.807, 2.05) is 66.7 Å². The van der Waals surface area contributed by atoms with Crippen molar-refractivity contribution in [1.29, 1.82) is 0 Å². The first-order valence-electron chi connectivity index (χ1n) is 14.1. The lowest BCUT2D eigenvalue weighted by atomic mass is 9.99. The topological polar surface area (TPSA) is 65.1 Å². The van der Waals surface area contributed by atoms with E-state index in [4.69, 9.17) is 14.2 Å². The van der Waals surface area contributed by atoms with E-state index in [1.54, 1.807) is 19.2 Å². The van der Waals surface area contributed by atoms with Crippen LogP contribution in [-0.4, -0.2) is 51.9 Å². The summed E-state index contributed by atoms with van der Waals surface area (Å²) >= 11 is 0. The van der Waals surface area contributed by atoms with Crippen molar-refractivity contribution < 1.29 is 22.6 Å². The van der Waals surface area contributed by atoms with Crippen LogP contribution >= 0.6 is 0 Å². The first-order chi connectivity index (χ1) is 19.5. The molecule has 4 aromatic carbocycles. The maximum atomic E-state index is 12.7. The number of methoxy groups -OCH3 is 1. The molecule has 1 aliphatic carbocycles. The van der Waals surface area contributed by atoms with E-state index >= 15 is 0 Å². The van der Waals surface area contributed by atoms with E-state index in [9.17, 15) is 8.42 Å². The van der Waals surface area contributed by atoms with E-state index in [0.29, 0.717) is 23.0 Å². The molecule has 4 aromatic rings. The maximum Gasteiger partial charge on any atom is 0.181 e. The Hall–Kier alpha value is -3.55. The Balaban J connectivity index is 1.25. The number of nitrogens with zero attached hydrogens (tertiary/aromatic N) is 1. The average Bonchev–Trinajstić information content (AvgIpc) is 3.85. The van der Waals surface area contributed by atoms with Crippen LogP contribution in [0.15, 0.2) is 83.8 Å². The van der Waals surface area contributed by atoms with Crippen molar-refractivity contribution in [3.63, 3.8) is 0 Å². The summed E-state index contributed by atoms with van der Waals surface area (Å²) in [5.41, 5.74) is 1.77. The number of benzene rings is 4. The van der Waals surface area contributed by atoms with Crippen molar-refractivity contribution in [3.8, 4) is 34.1 Å². The van der Waals surface area contributed by atoms with E-state index in [-0.39, 0.29) is 5.25 Å². The molecule has 6 rings (SSSR count). The summed E-state index contributed by atoms with van der Waals surface area (Å²) in [6.45, 7) is 3.94. The van der Waals surface area contributed by atoms with Gasteiger partial charge < -0.3 is 14.2 Å². The highest BCUT2D eigenvalue weighted by atomic mass is 32.2. The molecule has 208 valence electrons. The van der Waals surface area contributed by atoms with Gasteiger partial charge in [0.1, 0.15) is 29.6 Å². The van der Waals surface area contributed by atoms with Crippen LogP contribution in [0.2, 0.25) is 0 Å². The van der Waals surface area contributed by atoms with Gasteiger partial charge in [0.25, 0.3) is 0 Å². The van der Waals surface area contributed by atoms with Crippen LogP contribution < -0.4 is 14.2 Å². The molecule has 40 heavy (non-hydrogen) atoms. The van der Waals surface area contributed by atoms with Crippen molar-refractivity contribution in [2.45, 2.75) is 42.2 Å². The van der Waals surface area contributed by atoms with E-state index in [1.165, 1.54) is 19.3 Å². The SMILES string of the molecule is COc1ccc2c(Oc3ccc(OCCN4CCCCC4)cc3)c(-c3ccc(S(=O)(=O)C4CC4)cc3)ccc2c1. The van der Waals surface area contributed by atoms with Crippen LogP contribution in [0.3, 0.4) is 0 Å². The highest BCUT2D eigenvalue weighted by Crippen LogP contribution is 2.41. The number of fused-ring (bicyclic) bond motifs is 1. The molecule has 1 heterocycles. The van der Waals surface area contributed by atoms with E-state index < -0.39 is 9.84 Å². The third-order valence-electron chi connectivity index (χ3n) is 7.80. The van der Waals surface area contributed by atoms with Crippen LogP contribution in [0.1, 0.15) is 32.1 Å². The Morgan fingerprint density at radius 1 is 0.800 bits per heavy atom. The molecule has 0 unspecified atom stereocenters. The minimum Gasteiger partial charge on any atom is -0.497 e. The monoisotopic (exact) mass is 557 g/mol. The number of ether oxygens (including phenoxy) is 3. The van der Waals surface area contributed by atoms with Gasteiger partial charge in [0.2, 0.25) is 0 Å². The first-order valence-corrected chi connectivity index (χ1v) is 15.6. The normalized spacial score (nSPS) is 16.1. The zero-order chi connectivity index (χ0) is 27.5. The van der Waals surface area contributed by atoms with Crippen LogP contribution in [0.4, 0.5) is 0 Å². The zero-order valence-electron chi connectivity index (χ0n) is 22.8. The minimum absolute atomic E-state index is 0.232. The van der Waals surface area contributed by atoms with E-state index in [2.05, 4.69) is 4.90 Å². The van der Waals surface area contributed by atoms with Crippen molar-refractivity contribution in [2.75, 3.05) is 33.4 Å². The van der Waals surface area contributed by atoms with Crippen LogP contribution in [-0.2, 0) is 9.84 Å². The highest BCUT2D eigenvalue weighted by Gasteiger charge is 2.36. The predicted molar refractivity (Wildman–Crippen MR) is 158 cm³/mol. The molecule has 0 atom stereocenters. The molecule has 2 fully saturated rings. The van der Waals surface area contributed by atoms with Gasteiger partial charge in [-0.15, -0.1) is 0 Å².